The Hall–Kier alpha value is -1.00. The molecule has 0 aliphatic heterocycles. The molecule has 0 atom stereocenters. The van der Waals surface area contributed by atoms with Crippen molar-refractivity contribution in [3.8, 4) is 0 Å². The molecule has 4 heteroatoms. The Bertz CT molecular complexity index is 322. The minimum Gasteiger partial charge on any atom is -0.462 e. The summed E-state index contributed by atoms with van der Waals surface area (Å²) in [5.74, 6) is 1.31. The molecule has 0 aromatic heterocycles. The second kappa shape index (κ2) is 7.30. The van der Waals surface area contributed by atoms with Gasteiger partial charge in [0.2, 0.25) is 0 Å². The van der Waals surface area contributed by atoms with E-state index in [1.807, 2.05) is 12.1 Å². The molecule has 88 valence electrons. The summed E-state index contributed by atoms with van der Waals surface area (Å²) in [6.45, 7) is 2.39. The van der Waals surface area contributed by atoms with Crippen molar-refractivity contribution in [3.05, 3.63) is 35.4 Å². The summed E-state index contributed by atoms with van der Waals surface area (Å²) in [5, 5.41) is 8.64. The van der Waals surface area contributed by atoms with Gasteiger partial charge < -0.3 is 9.84 Å². The van der Waals surface area contributed by atoms with Crippen molar-refractivity contribution in [2.45, 2.75) is 12.7 Å². The highest BCUT2D eigenvalue weighted by atomic mass is 32.2. The number of carbonyl (C=O) groups excluding carboxylic acids is 1. The lowest BCUT2D eigenvalue weighted by Gasteiger charge is -2.03. The first-order chi connectivity index (χ1) is 7.77. The molecule has 0 saturated heterocycles. The third kappa shape index (κ3) is 4.24. The molecule has 1 aromatic rings. The maximum Gasteiger partial charge on any atom is 0.338 e. The quantitative estimate of drug-likeness (QED) is 0.611. The molecule has 3 nitrogen and oxygen atoms in total. The maximum absolute atomic E-state index is 11.4. The Morgan fingerprint density at radius 3 is 2.62 bits per heavy atom. The van der Waals surface area contributed by atoms with E-state index in [4.69, 9.17) is 9.84 Å². The topological polar surface area (TPSA) is 46.5 Å². The normalized spacial score (nSPS) is 10.1. The van der Waals surface area contributed by atoms with Crippen molar-refractivity contribution >= 4 is 17.7 Å². The molecule has 0 aliphatic carbocycles. The van der Waals surface area contributed by atoms with Gasteiger partial charge in [0.25, 0.3) is 0 Å². The highest BCUT2D eigenvalue weighted by molar-refractivity contribution is 7.98. The van der Waals surface area contributed by atoms with Gasteiger partial charge >= 0.3 is 5.97 Å². The standard InChI is InChI=1S/C12H16O3S/c1-2-15-12(14)11-5-3-10(4-6-11)9-16-8-7-13/h3-6,13H,2,7-9H2,1H3. The summed E-state index contributed by atoms with van der Waals surface area (Å²) < 4.78 is 4.89. The Balaban J connectivity index is 2.50. The summed E-state index contributed by atoms with van der Waals surface area (Å²) in [4.78, 5) is 11.4. The maximum atomic E-state index is 11.4. The molecule has 0 aliphatic rings. The Morgan fingerprint density at radius 2 is 2.06 bits per heavy atom. The van der Waals surface area contributed by atoms with E-state index >= 15 is 0 Å². The van der Waals surface area contributed by atoms with Gasteiger partial charge in [0.05, 0.1) is 18.8 Å². The van der Waals surface area contributed by atoms with Crippen LogP contribution < -0.4 is 0 Å². The molecule has 1 aromatic carbocycles. The van der Waals surface area contributed by atoms with E-state index in [0.717, 1.165) is 17.1 Å². The molecule has 0 unspecified atom stereocenters. The smallest absolute Gasteiger partial charge is 0.338 e. The molecule has 0 saturated carbocycles. The number of ether oxygens (including phenoxy) is 1. The molecular formula is C12H16O3S. The van der Waals surface area contributed by atoms with E-state index in [1.165, 1.54) is 0 Å². The number of aliphatic hydroxyl groups is 1. The molecule has 0 heterocycles. The van der Waals surface area contributed by atoms with E-state index in [9.17, 15) is 4.79 Å². The summed E-state index contributed by atoms with van der Waals surface area (Å²) in [7, 11) is 0. The number of hydrogen-bond acceptors (Lipinski definition) is 4. The van der Waals surface area contributed by atoms with E-state index < -0.39 is 0 Å². The molecule has 1 rings (SSSR count). The molecular weight excluding hydrogens is 224 g/mol. The molecule has 0 spiro atoms. The fourth-order valence-electron chi connectivity index (χ4n) is 1.21. The fourth-order valence-corrected chi connectivity index (χ4v) is 1.91. The van der Waals surface area contributed by atoms with Crippen LogP contribution >= 0.6 is 11.8 Å². The van der Waals surface area contributed by atoms with E-state index in [-0.39, 0.29) is 12.6 Å². The predicted molar refractivity (Wildman–Crippen MR) is 65.6 cm³/mol. The monoisotopic (exact) mass is 240 g/mol. The Kier molecular flexibility index (Phi) is 5.96. The van der Waals surface area contributed by atoms with Crippen molar-refractivity contribution in [2.75, 3.05) is 19.0 Å². The van der Waals surface area contributed by atoms with Gasteiger partial charge in [-0.1, -0.05) is 12.1 Å². The van der Waals surface area contributed by atoms with Gasteiger partial charge in [-0.3, -0.25) is 0 Å². The predicted octanol–water partition coefficient (Wildman–Crippen LogP) is 2.09. The highest BCUT2D eigenvalue weighted by Gasteiger charge is 2.05. The number of hydrogen-bond donors (Lipinski definition) is 1. The van der Waals surface area contributed by atoms with Gasteiger partial charge in [-0.25, -0.2) is 4.79 Å². The first-order valence-corrected chi connectivity index (χ1v) is 6.38. The Labute approximate surface area is 99.8 Å². The van der Waals surface area contributed by atoms with Crippen LogP contribution in [0, 0.1) is 0 Å². The lowest BCUT2D eigenvalue weighted by atomic mass is 10.1. The SMILES string of the molecule is CCOC(=O)c1ccc(CSCCO)cc1. The van der Waals surface area contributed by atoms with Crippen LogP contribution in [0.5, 0.6) is 0 Å². The number of carbonyl (C=O) groups is 1. The van der Waals surface area contributed by atoms with Gasteiger partial charge in [0.1, 0.15) is 0 Å². The first kappa shape index (κ1) is 13.1. The van der Waals surface area contributed by atoms with Gasteiger partial charge in [-0.15, -0.1) is 0 Å². The van der Waals surface area contributed by atoms with Gasteiger partial charge in [0, 0.05) is 11.5 Å². The van der Waals surface area contributed by atoms with E-state index in [2.05, 4.69) is 0 Å². The molecule has 0 radical (unpaired) electrons. The van der Waals surface area contributed by atoms with E-state index in [1.54, 1.807) is 30.8 Å². The minimum atomic E-state index is -0.280. The number of benzene rings is 1. The summed E-state index contributed by atoms with van der Waals surface area (Å²) in [6.07, 6.45) is 0. The molecule has 0 amide bonds. The fraction of sp³-hybridized carbons (Fsp3) is 0.417. The number of esters is 1. The number of thioether (sulfide) groups is 1. The average molecular weight is 240 g/mol. The van der Waals surface area contributed by atoms with Gasteiger partial charge in [-0.05, 0) is 24.6 Å². The molecule has 1 N–H and O–H groups in total. The molecule has 0 bridgehead atoms. The van der Waals surface area contributed by atoms with Crippen LogP contribution in [-0.4, -0.2) is 30.0 Å². The largest absolute Gasteiger partial charge is 0.462 e. The van der Waals surface area contributed by atoms with Crippen LogP contribution in [0.1, 0.15) is 22.8 Å². The van der Waals surface area contributed by atoms with Crippen molar-refractivity contribution < 1.29 is 14.6 Å². The number of aliphatic hydroxyl groups excluding tert-OH is 1. The van der Waals surface area contributed by atoms with Crippen molar-refractivity contribution in [1.29, 1.82) is 0 Å². The van der Waals surface area contributed by atoms with Crippen molar-refractivity contribution in [1.82, 2.24) is 0 Å². The minimum absolute atomic E-state index is 0.200. The van der Waals surface area contributed by atoms with Gasteiger partial charge in [0.15, 0.2) is 0 Å². The summed E-state index contributed by atoms with van der Waals surface area (Å²) in [6, 6.07) is 7.37. The zero-order valence-corrected chi connectivity index (χ0v) is 10.1. The highest BCUT2D eigenvalue weighted by Crippen LogP contribution is 2.13. The zero-order chi connectivity index (χ0) is 11.8. The number of rotatable bonds is 6. The summed E-state index contributed by atoms with van der Waals surface area (Å²) >= 11 is 1.66. The molecule has 0 fully saturated rings. The van der Waals surface area contributed by atoms with Crippen LogP contribution in [0.4, 0.5) is 0 Å². The van der Waals surface area contributed by atoms with Crippen molar-refractivity contribution in [3.63, 3.8) is 0 Å². The van der Waals surface area contributed by atoms with Crippen LogP contribution in [-0.2, 0) is 10.5 Å². The van der Waals surface area contributed by atoms with Crippen LogP contribution in [0.25, 0.3) is 0 Å². The Morgan fingerprint density at radius 1 is 1.38 bits per heavy atom. The zero-order valence-electron chi connectivity index (χ0n) is 9.31. The van der Waals surface area contributed by atoms with Crippen molar-refractivity contribution in [2.24, 2.45) is 0 Å². The first-order valence-electron chi connectivity index (χ1n) is 5.22. The second-order valence-corrected chi connectivity index (χ2v) is 4.30. The second-order valence-electron chi connectivity index (χ2n) is 3.19. The van der Waals surface area contributed by atoms with Gasteiger partial charge in [-0.2, -0.15) is 11.8 Å². The summed E-state index contributed by atoms with van der Waals surface area (Å²) in [5.41, 5.74) is 1.73. The molecule has 16 heavy (non-hydrogen) atoms. The van der Waals surface area contributed by atoms with E-state index in [0.29, 0.717) is 12.2 Å². The van der Waals surface area contributed by atoms with Crippen LogP contribution in [0.3, 0.4) is 0 Å². The third-order valence-corrected chi connectivity index (χ3v) is 2.98. The lowest BCUT2D eigenvalue weighted by molar-refractivity contribution is 0.0526. The van der Waals surface area contributed by atoms with Crippen LogP contribution in [0.2, 0.25) is 0 Å². The average Bonchev–Trinajstić information content (AvgIpc) is 2.30. The third-order valence-electron chi connectivity index (χ3n) is 1.97. The lowest BCUT2D eigenvalue weighted by Crippen LogP contribution is -2.04. The van der Waals surface area contributed by atoms with Crippen LogP contribution in [0.15, 0.2) is 24.3 Å².